The molecule has 0 fully saturated rings. The zero-order chi connectivity index (χ0) is 15.2. The van der Waals surface area contributed by atoms with Crippen molar-refractivity contribution in [3.8, 4) is 5.75 Å². The molecular weight excluding hydrogens is 331 g/mol. The molecule has 0 N–H and O–H groups in total. The Hall–Kier alpha value is -1.35. The van der Waals surface area contributed by atoms with Gasteiger partial charge in [0.05, 0.1) is 11.4 Å². The van der Waals surface area contributed by atoms with Gasteiger partial charge in [-0.1, -0.05) is 41.9 Å². The van der Waals surface area contributed by atoms with E-state index in [1.165, 1.54) is 11.6 Å². The van der Waals surface area contributed by atoms with Gasteiger partial charge in [-0.3, -0.25) is 0 Å². The molecule has 1 aliphatic rings. The largest absolute Gasteiger partial charge is 0.492 e. The SMILES string of the molecule is Cc1ccc(F)cc1C(Br)c1ccc2c(c1)C(C)(C)CO2. The second kappa shape index (κ2) is 5.13. The minimum Gasteiger partial charge on any atom is -0.492 e. The van der Waals surface area contributed by atoms with Gasteiger partial charge < -0.3 is 4.74 Å². The van der Waals surface area contributed by atoms with Crippen LogP contribution in [-0.4, -0.2) is 6.61 Å². The van der Waals surface area contributed by atoms with Gasteiger partial charge in [0.1, 0.15) is 11.6 Å². The first-order chi connectivity index (χ1) is 9.88. The molecule has 0 aliphatic carbocycles. The lowest BCUT2D eigenvalue weighted by atomic mass is 9.85. The van der Waals surface area contributed by atoms with Crippen LogP contribution in [0.5, 0.6) is 5.75 Å². The number of rotatable bonds is 2. The second-order valence-corrected chi connectivity index (χ2v) is 7.21. The summed E-state index contributed by atoms with van der Waals surface area (Å²) in [4.78, 5) is -0.0186. The van der Waals surface area contributed by atoms with Crippen molar-refractivity contribution < 1.29 is 9.13 Å². The molecule has 0 aromatic heterocycles. The number of fused-ring (bicyclic) bond motifs is 1. The van der Waals surface area contributed by atoms with Crippen molar-refractivity contribution in [1.82, 2.24) is 0 Å². The van der Waals surface area contributed by atoms with Crippen LogP contribution >= 0.6 is 15.9 Å². The van der Waals surface area contributed by atoms with Crippen molar-refractivity contribution in [2.75, 3.05) is 6.61 Å². The number of halogens is 2. The Kier molecular flexibility index (Phi) is 3.56. The molecule has 21 heavy (non-hydrogen) atoms. The summed E-state index contributed by atoms with van der Waals surface area (Å²) in [6.45, 7) is 7.07. The van der Waals surface area contributed by atoms with Crippen molar-refractivity contribution in [3.05, 3.63) is 64.5 Å². The van der Waals surface area contributed by atoms with E-state index in [4.69, 9.17) is 4.74 Å². The maximum atomic E-state index is 13.5. The quantitative estimate of drug-likeness (QED) is 0.670. The normalized spacial score (nSPS) is 17.2. The van der Waals surface area contributed by atoms with Crippen LogP contribution < -0.4 is 4.74 Å². The Morgan fingerprint density at radius 3 is 2.71 bits per heavy atom. The van der Waals surface area contributed by atoms with E-state index in [1.54, 1.807) is 6.07 Å². The van der Waals surface area contributed by atoms with Gasteiger partial charge in [0.2, 0.25) is 0 Å². The Morgan fingerprint density at radius 1 is 1.19 bits per heavy atom. The van der Waals surface area contributed by atoms with Gasteiger partial charge in [-0.05, 0) is 47.9 Å². The molecule has 3 heteroatoms. The van der Waals surface area contributed by atoms with E-state index in [9.17, 15) is 4.39 Å². The van der Waals surface area contributed by atoms with E-state index in [-0.39, 0.29) is 16.1 Å². The Balaban J connectivity index is 2.03. The van der Waals surface area contributed by atoms with Crippen LogP contribution in [0.4, 0.5) is 4.39 Å². The second-order valence-electron chi connectivity index (χ2n) is 6.29. The summed E-state index contributed by atoms with van der Waals surface area (Å²) in [5.41, 5.74) is 4.41. The third-order valence-corrected chi connectivity index (χ3v) is 5.15. The van der Waals surface area contributed by atoms with E-state index in [2.05, 4.69) is 35.8 Å². The van der Waals surface area contributed by atoms with Crippen molar-refractivity contribution in [2.45, 2.75) is 31.0 Å². The van der Waals surface area contributed by atoms with Crippen molar-refractivity contribution in [2.24, 2.45) is 0 Å². The third kappa shape index (κ3) is 2.59. The molecular formula is C18H18BrFO. The van der Waals surface area contributed by atoms with Crippen LogP contribution in [0.15, 0.2) is 36.4 Å². The number of alkyl halides is 1. The van der Waals surface area contributed by atoms with Gasteiger partial charge in [-0.15, -0.1) is 0 Å². The van der Waals surface area contributed by atoms with E-state index < -0.39 is 0 Å². The molecule has 2 aromatic rings. The minimum atomic E-state index is -0.204. The molecule has 0 spiro atoms. The minimum absolute atomic E-state index is 0.0186. The highest BCUT2D eigenvalue weighted by Gasteiger charge is 2.32. The number of ether oxygens (including phenoxy) is 1. The molecule has 0 saturated carbocycles. The molecule has 2 aromatic carbocycles. The van der Waals surface area contributed by atoms with E-state index in [0.29, 0.717) is 6.61 Å². The molecule has 0 saturated heterocycles. The van der Waals surface area contributed by atoms with Crippen LogP contribution in [0.2, 0.25) is 0 Å². The fraction of sp³-hybridized carbons (Fsp3) is 0.333. The van der Waals surface area contributed by atoms with Crippen LogP contribution in [0.3, 0.4) is 0 Å². The zero-order valence-electron chi connectivity index (χ0n) is 12.4. The van der Waals surface area contributed by atoms with Gasteiger partial charge in [-0.25, -0.2) is 4.39 Å². The fourth-order valence-electron chi connectivity index (χ4n) is 2.76. The lowest BCUT2D eigenvalue weighted by Crippen LogP contribution is -2.18. The van der Waals surface area contributed by atoms with Crippen molar-refractivity contribution in [1.29, 1.82) is 0 Å². The standard InChI is InChI=1S/C18H18BrFO/c1-11-4-6-13(20)9-14(11)17(19)12-5-7-16-15(8-12)18(2,3)10-21-16/h4-9,17H,10H2,1-3H3. The van der Waals surface area contributed by atoms with Crippen molar-refractivity contribution in [3.63, 3.8) is 0 Å². The van der Waals surface area contributed by atoms with E-state index >= 15 is 0 Å². The molecule has 1 aliphatic heterocycles. The molecule has 0 amide bonds. The molecule has 1 heterocycles. The summed E-state index contributed by atoms with van der Waals surface area (Å²) in [5.74, 6) is 0.754. The maximum absolute atomic E-state index is 13.5. The smallest absolute Gasteiger partial charge is 0.123 e. The first kappa shape index (κ1) is 14.6. The number of hydrogen-bond donors (Lipinski definition) is 0. The van der Waals surface area contributed by atoms with Crippen LogP contribution in [0, 0.1) is 12.7 Å². The van der Waals surface area contributed by atoms with Crippen LogP contribution in [0.1, 0.15) is 40.9 Å². The summed E-state index contributed by atoms with van der Waals surface area (Å²) in [7, 11) is 0. The molecule has 0 bridgehead atoms. The topological polar surface area (TPSA) is 9.23 Å². The van der Waals surface area contributed by atoms with Crippen LogP contribution in [-0.2, 0) is 5.41 Å². The average Bonchev–Trinajstić information content (AvgIpc) is 2.76. The number of aryl methyl sites for hydroxylation is 1. The maximum Gasteiger partial charge on any atom is 0.123 e. The highest BCUT2D eigenvalue weighted by molar-refractivity contribution is 9.09. The summed E-state index contributed by atoms with van der Waals surface area (Å²) in [6.07, 6.45) is 0. The Bertz CT molecular complexity index is 694. The van der Waals surface area contributed by atoms with Crippen molar-refractivity contribution >= 4 is 15.9 Å². The van der Waals surface area contributed by atoms with Gasteiger partial charge in [0.25, 0.3) is 0 Å². The molecule has 1 atom stereocenters. The number of hydrogen-bond acceptors (Lipinski definition) is 1. The van der Waals surface area contributed by atoms with Gasteiger partial charge in [0.15, 0.2) is 0 Å². The summed E-state index contributed by atoms with van der Waals surface area (Å²) < 4.78 is 19.2. The third-order valence-electron chi connectivity index (χ3n) is 4.13. The Morgan fingerprint density at radius 2 is 1.95 bits per heavy atom. The predicted octanol–water partition coefficient (Wildman–Crippen LogP) is 5.29. The summed E-state index contributed by atoms with van der Waals surface area (Å²) >= 11 is 3.72. The zero-order valence-corrected chi connectivity index (χ0v) is 14.0. The lowest BCUT2D eigenvalue weighted by Gasteiger charge is -2.18. The van der Waals surface area contributed by atoms with Gasteiger partial charge in [-0.2, -0.15) is 0 Å². The summed E-state index contributed by atoms with van der Waals surface area (Å²) in [5, 5.41) is 0. The monoisotopic (exact) mass is 348 g/mol. The lowest BCUT2D eigenvalue weighted by molar-refractivity contribution is 0.291. The predicted molar refractivity (Wildman–Crippen MR) is 86.9 cm³/mol. The Labute approximate surface area is 133 Å². The molecule has 1 nitrogen and oxygen atoms in total. The fourth-order valence-corrected chi connectivity index (χ4v) is 3.54. The van der Waals surface area contributed by atoms with E-state index in [0.717, 1.165) is 22.4 Å². The summed E-state index contributed by atoms with van der Waals surface area (Å²) in [6, 6.07) is 11.2. The number of benzene rings is 2. The highest BCUT2D eigenvalue weighted by atomic mass is 79.9. The van der Waals surface area contributed by atoms with Gasteiger partial charge >= 0.3 is 0 Å². The first-order valence-electron chi connectivity index (χ1n) is 7.06. The first-order valence-corrected chi connectivity index (χ1v) is 7.97. The highest BCUT2D eigenvalue weighted by Crippen LogP contribution is 2.42. The molecule has 0 radical (unpaired) electrons. The van der Waals surface area contributed by atoms with Gasteiger partial charge in [0, 0.05) is 11.0 Å². The average molecular weight is 349 g/mol. The molecule has 1 unspecified atom stereocenters. The van der Waals surface area contributed by atoms with E-state index in [1.807, 2.05) is 25.1 Å². The molecule has 110 valence electrons. The van der Waals surface area contributed by atoms with Crippen LogP contribution in [0.25, 0.3) is 0 Å². The molecule has 3 rings (SSSR count).